The Morgan fingerprint density at radius 3 is 2.41 bits per heavy atom. The molecule has 9 heteroatoms. The minimum atomic E-state index is -3.93. The first-order valence-electron chi connectivity index (χ1n) is 9.23. The van der Waals surface area contributed by atoms with Crippen LogP contribution in [0.2, 0.25) is 0 Å². The van der Waals surface area contributed by atoms with Crippen LogP contribution in [0.4, 0.5) is 5.69 Å². The largest absolute Gasteiger partial charge is 0.494 e. The molecule has 0 saturated heterocycles. The summed E-state index contributed by atoms with van der Waals surface area (Å²) >= 11 is 1.40. The second-order valence-corrected chi connectivity index (χ2v) is 9.43. The van der Waals surface area contributed by atoms with Gasteiger partial charge < -0.3 is 14.0 Å². The Bertz CT molecular complexity index is 1120. The Morgan fingerprint density at radius 1 is 1.07 bits per heavy atom. The quantitative estimate of drug-likeness (QED) is 0.539. The molecule has 0 saturated carbocycles. The second kappa shape index (κ2) is 8.46. The average Bonchev–Trinajstić information content (AvgIpc) is 3.19. The van der Waals surface area contributed by atoms with E-state index in [1.807, 2.05) is 20.8 Å². The number of aryl methyl sites for hydroxylation is 3. The highest BCUT2D eigenvalue weighted by Gasteiger charge is 2.29. The SMILES string of the molecule is CCOc1ccc(OCC)c(NS(=O)(=O)c2c(C)sc(C)c2-c2cc(C)no2)c1. The van der Waals surface area contributed by atoms with Gasteiger partial charge in [0, 0.05) is 21.9 Å². The highest BCUT2D eigenvalue weighted by Crippen LogP contribution is 2.41. The lowest BCUT2D eigenvalue weighted by molar-refractivity contribution is 0.332. The monoisotopic (exact) mass is 436 g/mol. The fourth-order valence-electron chi connectivity index (χ4n) is 3.08. The van der Waals surface area contributed by atoms with Crippen LogP contribution in [0.3, 0.4) is 0 Å². The van der Waals surface area contributed by atoms with Gasteiger partial charge in [0.1, 0.15) is 16.4 Å². The van der Waals surface area contributed by atoms with Crippen molar-refractivity contribution in [2.75, 3.05) is 17.9 Å². The zero-order chi connectivity index (χ0) is 21.2. The van der Waals surface area contributed by atoms with E-state index >= 15 is 0 Å². The van der Waals surface area contributed by atoms with Crippen molar-refractivity contribution in [1.82, 2.24) is 5.16 Å². The molecule has 1 aromatic carbocycles. The van der Waals surface area contributed by atoms with Crippen LogP contribution in [-0.2, 0) is 10.0 Å². The average molecular weight is 437 g/mol. The third-order valence-corrected chi connectivity index (χ3v) is 6.84. The Kier molecular flexibility index (Phi) is 6.18. The Balaban J connectivity index is 2.09. The van der Waals surface area contributed by atoms with E-state index in [1.165, 1.54) is 11.3 Å². The molecule has 0 spiro atoms. The maximum absolute atomic E-state index is 13.4. The number of hydrogen-bond donors (Lipinski definition) is 1. The molecule has 0 amide bonds. The number of anilines is 1. The molecule has 1 N–H and O–H groups in total. The molecular formula is C20H24N2O5S2. The molecule has 156 valence electrons. The van der Waals surface area contributed by atoms with Crippen molar-refractivity contribution in [2.24, 2.45) is 0 Å². The van der Waals surface area contributed by atoms with E-state index in [1.54, 1.807) is 38.1 Å². The number of sulfonamides is 1. The van der Waals surface area contributed by atoms with E-state index in [0.29, 0.717) is 52.3 Å². The maximum Gasteiger partial charge on any atom is 0.263 e. The van der Waals surface area contributed by atoms with Crippen molar-refractivity contribution in [2.45, 2.75) is 39.5 Å². The molecule has 0 fully saturated rings. The highest BCUT2D eigenvalue weighted by molar-refractivity contribution is 7.93. The van der Waals surface area contributed by atoms with Crippen LogP contribution in [0, 0.1) is 20.8 Å². The molecule has 3 aromatic rings. The summed E-state index contributed by atoms with van der Waals surface area (Å²) in [6.45, 7) is 10.0. The van der Waals surface area contributed by atoms with Crippen molar-refractivity contribution in [3.63, 3.8) is 0 Å². The predicted octanol–water partition coefficient (Wildman–Crippen LogP) is 4.93. The molecule has 2 heterocycles. The van der Waals surface area contributed by atoms with Gasteiger partial charge in [-0.25, -0.2) is 8.42 Å². The molecule has 0 aliphatic rings. The maximum atomic E-state index is 13.4. The molecule has 0 radical (unpaired) electrons. The van der Waals surface area contributed by atoms with Gasteiger partial charge >= 0.3 is 0 Å². The number of ether oxygens (including phenoxy) is 2. The first-order valence-corrected chi connectivity index (χ1v) is 11.5. The lowest BCUT2D eigenvalue weighted by Gasteiger charge is -2.15. The highest BCUT2D eigenvalue weighted by atomic mass is 32.2. The van der Waals surface area contributed by atoms with Crippen molar-refractivity contribution < 1.29 is 22.4 Å². The third kappa shape index (κ3) is 4.40. The first-order chi connectivity index (χ1) is 13.8. The van der Waals surface area contributed by atoms with Gasteiger partial charge in [-0.1, -0.05) is 5.16 Å². The number of benzene rings is 1. The Labute approximate surface area is 174 Å². The summed E-state index contributed by atoms with van der Waals surface area (Å²) in [4.78, 5) is 1.69. The summed E-state index contributed by atoms with van der Waals surface area (Å²) < 4.78 is 45.9. The summed E-state index contributed by atoms with van der Waals surface area (Å²) in [5.74, 6) is 1.41. The van der Waals surface area contributed by atoms with Crippen LogP contribution in [0.15, 0.2) is 33.7 Å². The van der Waals surface area contributed by atoms with Crippen molar-refractivity contribution in [3.8, 4) is 22.8 Å². The number of thiophene rings is 1. The molecule has 0 aliphatic carbocycles. The van der Waals surface area contributed by atoms with Crippen LogP contribution in [0.1, 0.15) is 29.3 Å². The molecule has 29 heavy (non-hydrogen) atoms. The number of nitrogens with one attached hydrogen (secondary N) is 1. The first kappa shape index (κ1) is 21.2. The van der Waals surface area contributed by atoms with Gasteiger partial charge in [0.15, 0.2) is 5.76 Å². The summed E-state index contributed by atoms with van der Waals surface area (Å²) in [5, 5.41) is 3.90. The fraction of sp³-hybridized carbons (Fsp3) is 0.350. The predicted molar refractivity (Wildman–Crippen MR) is 114 cm³/mol. The summed E-state index contributed by atoms with van der Waals surface area (Å²) in [6, 6.07) is 6.79. The molecule has 7 nitrogen and oxygen atoms in total. The van der Waals surface area contributed by atoms with E-state index in [0.717, 1.165) is 4.88 Å². The molecule has 0 atom stereocenters. The third-order valence-electron chi connectivity index (χ3n) is 4.15. The van der Waals surface area contributed by atoms with Gasteiger partial charge in [0.25, 0.3) is 10.0 Å². The minimum absolute atomic E-state index is 0.181. The molecular weight excluding hydrogens is 412 g/mol. The second-order valence-electron chi connectivity index (χ2n) is 6.38. The van der Waals surface area contributed by atoms with Gasteiger partial charge in [-0.2, -0.15) is 0 Å². The van der Waals surface area contributed by atoms with E-state index in [2.05, 4.69) is 9.88 Å². The summed E-state index contributed by atoms with van der Waals surface area (Å²) in [6.07, 6.45) is 0. The van der Waals surface area contributed by atoms with Gasteiger partial charge in [-0.3, -0.25) is 4.72 Å². The van der Waals surface area contributed by atoms with Crippen LogP contribution < -0.4 is 14.2 Å². The Morgan fingerprint density at radius 2 is 1.79 bits per heavy atom. The van der Waals surface area contributed by atoms with Crippen LogP contribution in [0.25, 0.3) is 11.3 Å². The molecule has 0 bridgehead atoms. The Hall–Kier alpha value is -2.52. The van der Waals surface area contributed by atoms with Crippen molar-refractivity contribution in [3.05, 3.63) is 39.7 Å². The van der Waals surface area contributed by atoms with Crippen LogP contribution >= 0.6 is 11.3 Å². The lowest BCUT2D eigenvalue weighted by Crippen LogP contribution is -2.15. The zero-order valence-electron chi connectivity index (χ0n) is 17.0. The van der Waals surface area contributed by atoms with Crippen LogP contribution in [0.5, 0.6) is 11.5 Å². The van der Waals surface area contributed by atoms with E-state index in [-0.39, 0.29) is 4.90 Å². The van der Waals surface area contributed by atoms with E-state index < -0.39 is 10.0 Å². The fourth-order valence-corrected chi connectivity index (χ4v) is 6.01. The number of aromatic nitrogens is 1. The van der Waals surface area contributed by atoms with Gasteiger partial charge in [0.05, 0.1) is 30.2 Å². The van der Waals surface area contributed by atoms with Gasteiger partial charge in [0.2, 0.25) is 0 Å². The van der Waals surface area contributed by atoms with E-state index in [9.17, 15) is 8.42 Å². The molecule has 2 aromatic heterocycles. The smallest absolute Gasteiger partial charge is 0.263 e. The van der Waals surface area contributed by atoms with Gasteiger partial charge in [-0.15, -0.1) is 11.3 Å². The molecule has 0 aliphatic heterocycles. The number of nitrogens with zero attached hydrogens (tertiary/aromatic N) is 1. The van der Waals surface area contributed by atoms with Crippen molar-refractivity contribution >= 4 is 27.0 Å². The van der Waals surface area contributed by atoms with Gasteiger partial charge in [-0.05, 0) is 46.8 Å². The zero-order valence-corrected chi connectivity index (χ0v) is 18.7. The normalized spacial score (nSPS) is 11.5. The number of hydrogen-bond acceptors (Lipinski definition) is 7. The molecule has 3 rings (SSSR count). The molecule has 0 unspecified atom stereocenters. The minimum Gasteiger partial charge on any atom is -0.494 e. The lowest BCUT2D eigenvalue weighted by atomic mass is 10.2. The summed E-state index contributed by atoms with van der Waals surface area (Å²) in [5.41, 5.74) is 1.53. The summed E-state index contributed by atoms with van der Waals surface area (Å²) in [7, 11) is -3.93. The number of rotatable bonds is 8. The van der Waals surface area contributed by atoms with Crippen LogP contribution in [-0.4, -0.2) is 26.8 Å². The topological polar surface area (TPSA) is 90.7 Å². The standard InChI is InChI=1S/C20H24N2O5S2/c1-6-25-15-8-9-17(26-7-2)16(11-15)22-29(23,24)20-14(5)28-13(4)19(20)18-10-12(3)21-27-18/h8-11,22H,6-7H2,1-5H3. The van der Waals surface area contributed by atoms with Crippen molar-refractivity contribution in [1.29, 1.82) is 0 Å². The van der Waals surface area contributed by atoms with E-state index in [4.69, 9.17) is 14.0 Å².